The molecule has 1 N–H and O–H groups in total. The molecule has 0 spiro atoms. The molecule has 0 fully saturated rings. The Labute approximate surface area is 77.4 Å². The van der Waals surface area contributed by atoms with E-state index in [4.69, 9.17) is 0 Å². The van der Waals surface area contributed by atoms with E-state index in [1.807, 2.05) is 24.3 Å². The zero-order valence-corrected chi connectivity index (χ0v) is 7.58. The second kappa shape index (κ2) is 3.09. The molecule has 0 atom stereocenters. The first-order valence-corrected chi connectivity index (χ1v) is 4.40. The van der Waals surface area contributed by atoms with Gasteiger partial charge in [0.1, 0.15) is 0 Å². The third-order valence-electron chi connectivity index (χ3n) is 2.23. The first-order valence-electron chi connectivity index (χ1n) is 4.40. The average Bonchev–Trinajstić information content (AvgIpc) is 2.17. The Bertz CT molecular complexity index is 335. The molecule has 1 amide bonds. The van der Waals surface area contributed by atoms with Crippen LogP contribution < -0.4 is 10.2 Å². The number of nitrogens with one attached hydrogen (secondary N) is 1. The minimum atomic E-state index is 0.106. The smallest absolute Gasteiger partial charge is 0.223 e. The quantitative estimate of drug-likeness (QED) is 0.649. The molecular weight excluding hydrogens is 164 g/mol. The molecule has 1 heterocycles. The molecule has 0 bridgehead atoms. The Balaban J connectivity index is 2.42. The maximum atomic E-state index is 11.3. The van der Waals surface area contributed by atoms with Crippen molar-refractivity contribution in [2.75, 3.05) is 23.3 Å². The lowest BCUT2D eigenvalue weighted by atomic mass is 10.2. The average molecular weight is 176 g/mol. The number of anilines is 2. The topological polar surface area (TPSA) is 32.3 Å². The van der Waals surface area contributed by atoms with Crippen LogP contribution in [0.15, 0.2) is 24.3 Å². The van der Waals surface area contributed by atoms with E-state index < -0.39 is 0 Å². The Morgan fingerprint density at radius 2 is 2.23 bits per heavy atom. The molecule has 0 unspecified atom stereocenters. The van der Waals surface area contributed by atoms with Gasteiger partial charge in [-0.3, -0.25) is 4.79 Å². The number of amides is 1. The minimum Gasteiger partial charge on any atom is -0.382 e. The van der Waals surface area contributed by atoms with Gasteiger partial charge in [0, 0.05) is 20.0 Å². The molecule has 0 aromatic heterocycles. The van der Waals surface area contributed by atoms with E-state index in [1.54, 1.807) is 11.8 Å². The fourth-order valence-corrected chi connectivity index (χ4v) is 1.61. The number of para-hydroxylation sites is 2. The van der Waals surface area contributed by atoms with E-state index in [2.05, 4.69) is 5.32 Å². The van der Waals surface area contributed by atoms with Gasteiger partial charge in [0.25, 0.3) is 0 Å². The molecule has 68 valence electrons. The van der Waals surface area contributed by atoms with Gasteiger partial charge in [-0.1, -0.05) is 12.1 Å². The van der Waals surface area contributed by atoms with E-state index in [0.717, 1.165) is 24.5 Å². The predicted octanol–water partition coefficient (Wildman–Crippen LogP) is 1.47. The highest BCUT2D eigenvalue weighted by molar-refractivity contribution is 5.96. The summed E-state index contributed by atoms with van der Waals surface area (Å²) in [5.74, 6) is 0.106. The number of benzene rings is 1. The third kappa shape index (κ3) is 1.37. The first kappa shape index (κ1) is 8.10. The molecule has 1 aromatic rings. The summed E-state index contributed by atoms with van der Waals surface area (Å²) in [6, 6.07) is 7.87. The fraction of sp³-hybridized carbons (Fsp3) is 0.300. The van der Waals surface area contributed by atoms with Crippen LogP contribution >= 0.6 is 0 Å². The molecule has 3 nitrogen and oxygen atoms in total. The van der Waals surface area contributed by atoms with Crippen LogP contribution in [0.2, 0.25) is 0 Å². The second-order valence-corrected chi connectivity index (χ2v) is 3.11. The summed E-state index contributed by atoms with van der Waals surface area (Å²) in [4.78, 5) is 13.1. The summed E-state index contributed by atoms with van der Waals surface area (Å²) >= 11 is 0. The van der Waals surface area contributed by atoms with E-state index in [-0.39, 0.29) is 5.91 Å². The molecule has 0 saturated heterocycles. The van der Waals surface area contributed by atoms with Gasteiger partial charge < -0.3 is 10.2 Å². The summed E-state index contributed by atoms with van der Waals surface area (Å²) in [5.41, 5.74) is 2.03. The summed E-state index contributed by atoms with van der Waals surface area (Å²) in [6.07, 6.45) is 0. The molecule has 3 heteroatoms. The van der Waals surface area contributed by atoms with Crippen LogP contribution in [0, 0.1) is 0 Å². The van der Waals surface area contributed by atoms with Crippen LogP contribution in [-0.4, -0.2) is 19.0 Å². The van der Waals surface area contributed by atoms with Gasteiger partial charge in [0.2, 0.25) is 5.91 Å². The predicted molar refractivity (Wildman–Crippen MR) is 53.0 cm³/mol. The largest absolute Gasteiger partial charge is 0.382 e. The third-order valence-corrected chi connectivity index (χ3v) is 2.23. The standard InChI is InChI=1S/C10H12N2O/c1-8(13)12-7-6-11-9-4-2-3-5-10(9)12/h2-5,11H,6-7H2,1H3. The van der Waals surface area contributed by atoms with Crippen LogP contribution in [0.4, 0.5) is 11.4 Å². The molecular formula is C10H12N2O. The van der Waals surface area contributed by atoms with Crippen molar-refractivity contribution in [3.63, 3.8) is 0 Å². The maximum absolute atomic E-state index is 11.3. The Kier molecular flexibility index (Phi) is 1.93. The Morgan fingerprint density at radius 1 is 1.46 bits per heavy atom. The van der Waals surface area contributed by atoms with Crippen molar-refractivity contribution in [3.05, 3.63) is 24.3 Å². The lowest BCUT2D eigenvalue weighted by Crippen LogP contribution is -2.37. The van der Waals surface area contributed by atoms with Gasteiger partial charge in [-0.05, 0) is 12.1 Å². The van der Waals surface area contributed by atoms with Crippen molar-refractivity contribution in [2.24, 2.45) is 0 Å². The highest BCUT2D eigenvalue weighted by Gasteiger charge is 2.18. The SMILES string of the molecule is CC(=O)N1CCNc2ccccc21. The van der Waals surface area contributed by atoms with Crippen LogP contribution in [0.1, 0.15) is 6.92 Å². The lowest BCUT2D eigenvalue weighted by molar-refractivity contribution is -0.116. The monoisotopic (exact) mass is 176 g/mol. The van der Waals surface area contributed by atoms with Crippen LogP contribution in [-0.2, 0) is 4.79 Å². The van der Waals surface area contributed by atoms with Gasteiger partial charge in [-0.25, -0.2) is 0 Å². The van der Waals surface area contributed by atoms with Gasteiger partial charge in [0.05, 0.1) is 11.4 Å². The van der Waals surface area contributed by atoms with Crippen LogP contribution in [0.25, 0.3) is 0 Å². The highest BCUT2D eigenvalue weighted by atomic mass is 16.2. The lowest BCUT2D eigenvalue weighted by Gasteiger charge is -2.29. The van der Waals surface area contributed by atoms with Crippen molar-refractivity contribution in [1.82, 2.24) is 0 Å². The van der Waals surface area contributed by atoms with E-state index >= 15 is 0 Å². The van der Waals surface area contributed by atoms with Crippen molar-refractivity contribution in [1.29, 1.82) is 0 Å². The molecule has 0 saturated carbocycles. The number of carbonyl (C=O) groups is 1. The van der Waals surface area contributed by atoms with Gasteiger partial charge in [0.15, 0.2) is 0 Å². The summed E-state index contributed by atoms with van der Waals surface area (Å²) in [6.45, 7) is 3.19. The Morgan fingerprint density at radius 3 is 3.00 bits per heavy atom. The van der Waals surface area contributed by atoms with Crippen molar-refractivity contribution >= 4 is 17.3 Å². The highest BCUT2D eigenvalue weighted by Crippen LogP contribution is 2.27. The number of nitrogens with zero attached hydrogens (tertiary/aromatic N) is 1. The van der Waals surface area contributed by atoms with Gasteiger partial charge in [-0.15, -0.1) is 0 Å². The minimum absolute atomic E-state index is 0.106. The summed E-state index contributed by atoms with van der Waals surface area (Å²) < 4.78 is 0. The van der Waals surface area contributed by atoms with E-state index in [0.29, 0.717) is 0 Å². The molecule has 1 aliphatic rings. The fourth-order valence-electron chi connectivity index (χ4n) is 1.61. The van der Waals surface area contributed by atoms with Gasteiger partial charge in [-0.2, -0.15) is 0 Å². The normalized spacial score (nSPS) is 14.7. The van der Waals surface area contributed by atoms with Crippen molar-refractivity contribution in [3.8, 4) is 0 Å². The summed E-state index contributed by atoms with van der Waals surface area (Å²) in [5, 5.41) is 3.25. The van der Waals surface area contributed by atoms with E-state index in [1.165, 1.54) is 0 Å². The molecule has 13 heavy (non-hydrogen) atoms. The van der Waals surface area contributed by atoms with Crippen LogP contribution in [0.5, 0.6) is 0 Å². The molecule has 2 rings (SSSR count). The summed E-state index contributed by atoms with van der Waals surface area (Å²) in [7, 11) is 0. The number of hydrogen-bond donors (Lipinski definition) is 1. The number of hydrogen-bond acceptors (Lipinski definition) is 2. The zero-order valence-electron chi connectivity index (χ0n) is 7.58. The number of carbonyl (C=O) groups excluding carboxylic acids is 1. The molecule has 0 radical (unpaired) electrons. The number of rotatable bonds is 0. The van der Waals surface area contributed by atoms with Gasteiger partial charge >= 0.3 is 0 Å². The maximum Gasteiger partial charge on any atom is 0.223 e. The first-order chi connectivity index (χ1) is 6.29. The molecule has 1 aliphatic heterocycles. The van der Waals surface area contributed by atoms with Crippen LogP contribution in [0.3, 0.4) is 0 Å². The second-order valence-electron chi connectivity index (χ2n) is 3.11. The van der Waals surface area contributed by atoms with Crippen molar-refractivity contribution in [2.45, 2.75) is 6.92 Å². The molecule has 1 aromatic carbocycles. The Hall–Kier alpha value is -1.51. The number of fused-ring (bicyclic) bond motifs is 1. The molecule has 0 aliphatic carbocycles. The van der Waals surface area contributed by atoms with Crippen molar-refractivity contribution < 1.29 is 4.79 Å². The van der Waals surface area contributed by atoms with E-state index in [9.17, 15) is 4.79 Å². The zero-order chi connectivity index (χ0) is 9.26.